The smallest absolute Gasteiger partial charge is 0.239 e. The van der Waals surface area contributed by atoms with Gasteiger partial charge in [-0.15, -0.1) is 0 Å². The molecule has 0 unspecified atom stereocenters. The molecular formula is C12H10INO3S. The second-order valence-corrected chi connectivity index (χ2v) is 6.77. The predicted molar refractivity (Wildman–Crippen MR) is 76.7 cm³/mol. The lowest BCUT2D eigenvalue weighted by Crippen LogP contribution is -2.13. The Morgan fingerprint density at radius 2 is 1.61 bits per heavy atom. The van der Waals surface area contributed by atoms with Crippen molar-refractivity contribution in [3.8, 4) is 11.1 Å². The van der Waals surface area contributed by atoms with Crippen molar-refractivity contribution in [2.24, 2.45) is 5.14 Å². The topological polar surface area (TPSA) is 77.2 Å². The standard InChI is InChI=1S/C12H10INO3S/c14-18(16,17)12-8-10(6-7-11(12)13-15)9-4-2-1-3-5-9/h1-8H,(H2,14,16,17). The van der Waals surface area contributed by atoms with Crippen LogP contribution in [0.4, 0.5) is 0 Å². The van der Waals surface area contributed by atoms with Crippen LogP contribution in [0.15, 0.2) is 53.4 Å². The van der Waals surface area contributed by atoms with Crippen LogP contribution in [0, 0.1) is 3.57 Å². The van der Waals surface area contributed by atoms with E-state index in [0.717, 1.165) is 11.1 Å². The Morgan fingerprint density at radius 1 is 0.944 bits per heavy atom. The molecule has 6 heteroatoms. The molecule has 2 N–H and O–H groups in total. The van der Waals surface area contributed by atoms with Gasteiger partial charge in [-0.25, -0.2) is 13.6 Å². The minimum atomic E-state index is -3.85. The Kier molecular flexibility index (Phi) is 3.88. The van der Waals surface area contributed by atoms with Crippen molar-refractivity contribution in [3.63, 3.8) is 0 Å². The lowest BCUT2D eigenvalue weighted by molar-refractivity contribution is 0.597. The van der Waals surface area contributed by atoms with Gasteiger partial charge in [0.2, 0.25) is 10.0 Å². The number of sulfonamides is 1. The van der Waals surface area contributed by atoms with Crippen LogP contribution in [0.25, 0.3) is 11.1 Å². The van der Waals surface area contributed by atoms with E-state index in [1.165, 1.54) is 6.07 Å². The molecule has 0 fully saturated rings. The fraction of sp³-hybridized carbons (Fsp3) is 0. The lowest BCUT2D eigenvalue weighted by Gasteiger charge is -2.06. The number of rotatable bonds is 3. The number of halogens is 1. The van der Waals surface area contributed by atoms with Gasteiger partial charge in [-0.1, -0.05) is 36.4 Å². The molecule has 0 saturated heterocycles. The fourth-order valence-corrected chi connectivity index (χ4v) is 4.06. The minimum Gasteiger partial charge on any atom is -0.265 e. The SMILES string of the molecule is NS(=O)(=O)c1cc(-c2ccccc2)ccc1I=O. The van der Waals surface area contributed by atoms with E-state index in [9.17, 15) is 11.5 Å². The molecule has 0 aliphatic carbocycles. The van der Waals surface area contributed by atoms with Gasteiger partial charge in [0.25, 0.3) is 0 Å². The van der Waals surface area contributed by atoms with Crippen molar-refractivity contribution in [1.29, 1.82) is 0 Å². The van der Waals surface area contributed by atoms with Gasteiger partial charge in [0.15, 0.2) is 21.2 Å². The van der Waals surface area contributed by atoms with Crippen LogP contribution in [-0.2, 0) is 13.1 Å². The molecule has 0 aromatic heterocycles. The summed E-state index contributed by atoms with van der Waals surface area (Å²) in [4.78, 5) is -0.0494. The van der Waals surface area contributed by atoms with Gasteiger partial charge in [0.05, 0.1) is 8.47 Å². The van der Waals surface area contributed by atoms with Crippen LogP contribution in [0.2, 0.25) is 0 Å². The van der Waals surface area contributed by atoms with E-state index in [2.05, 4.69) is 0 Å². The molecule has 0 aliphatic heterocycles. The summed E-state index contributed by atoms with van der Waals surface area (Å²) in [6.45, 7) is 0. The van der Waals surface area contributed by atoms with Crippen LogP contribution in [-0.4, -0.2) is 8.42 Å². The first kappa shape index (κ1) is 13.3. The quantitative estimate of drug-likeness (QED) is 0.838. The van der Waals surface area contributed by atoms with E-state index < -0.39 is 31.2 Å². The molecule has 2 aromatic rings. The molecule has 0 amide bonds. The summed E-state index contributed by atoms with van der Waals surface area (Å²) in [6, 6.07) is 14.1. The highest BCUT2D eigenvalue weighted by molar-refractivity contribution is 14.1. The first-order chi connectivity index (χ1) is 8.52. The van der Waals surface area contributed by atoms with Crippen LogP contribution in [0.5, 0.6) is 0 Å². The number of hydrogen-bond donors (Lipinski definition) is 1. The maximum Gasteiger partial charge on any atom is 0.239 e. The van der Waals surface area contributed by atoms with Gasteiger partial charge in [-0.3, -0.25) is 3.07 Å². The first-order valence-corrected chi connectivity index (χ1v) is 8.52. The third-order valence-electron chi connectivity index (χ3n) is 2.43. The molecule has 0 bridgehead atoms. The third-order valence-corrected chi connectivity index (χ3v) is 5.16. The number of nitrogens with two attached hydrogens (primary N) is 1. The molecule has 0 radical (unpaired) electrons. The van der Waals surface area contributed by atoms with Gasteiger partial charge < -0.3 is 0 Å². The molecule has 0 saturated carbocycles. The van der Waals surface area contributed by atoms with E-state index in [4.69, 9.17) is 5.14 Å². The molecule has 0 heterocycles. The van der Waals surface area contributed by atoms with Gasteiger partial charge in [0, 0.05) is 0 Å². The molecule has 0 atom stereocenters. The van der Waals surface area contributed by atoms with Crippen molar-refractivity contribution < 1.29 is 11.5 Å². The second-order valence-electron chi connectivity index (χ2n) is 3.63. The van der Waals surface area contributed by atoms with Crippen LogP contribution in [0.1, 0.15) is 0 Å². The highest BCUT2D eigenvalue weighted by Gasteiger charge is 2.15. The maximum absolute atomic E-state index is 11.5. The zero-order valence-electron chi connectivity index (χ0n) is 9.21. The molecule has 2 aromatic carbocycles. The summed E-state index contributed by atoms with van der Waals surface area (Å²) in [5, 5.41) is 5.13. The van der Waals surface area contributed by atoms with Crippen molar-refractivity contribution in [2.75, 3.05) is 0 Å². The normalized spacial score (nSPS) is 11.4. The van der Waals surface area contributed by atoms with E-state index >= 15 is 0 Å². The fourth-order valence-electron chi connectivity index (χ4n) is 1.60. The lowest BCUT2D eigenvalue weighted by atomic mass is 10.1. The summed E-state index contributed by atoms with van der Waals surface area (Å²) in [6.07, 6.45) is 0. The van der Waals surface area contributed by atoms with Crippen LogP contribution < -0.4 is 5.14 Å². The molecule has 0 spiro atoms. The number of benzene rings is 2. The molecule has 2 rings (SSSR count). The van der Waals surface area contributed by atoms with Crippen molar-refractivity contribution in [2.45, 2.75) is 4.90 Å². The molecule has 4 nitrogen and oxygen atoms in total. The molecule has 18 heavy (non-hydrogen) atoms. The first-order valence-electron chi connectivity index (χ1n) is 5.02. The number of hydrogen-bond acceptors (Lipinski definition) is 3. The highest BCUT2D eigenvalue weighted by atomic mass is 127. The van der Waals surface area contributed by atoms with Crippen LogP contribution >= 0.6 is 21.2 Å². The Balaban J connectivity index is 2.64. The summed E-state index contributed by atoms with van der Waals surface area (Å²) in [5.41, 5.74) is 1.62. The largest absolute Gasteiger partial charge is 0.265 e. The molecule has 0 aliphatic rings. The molecular weight excluding hydrogens is 365 g/mol. The summed E-state index contributed by atoms with van der Waals surface area (Å²) in [7, 11) is -3.85. The Morgan fingerprint density at radius 3 is 2.17 bits per heavy atom. The zero-order valence-corrected chi connectivity index (χ0v) is 12.2. The second kappa shape index (κ2) is 5.25. The Bertz CT molecular complexity index is 684. The third kappa shape index (κ3) is 2.82. The Labute approximate surface area is 116 Å². The minimum absolute atomic E-state index is 0.0494. The zero-order chi connectivity index (χ0) is 13.2. The van der Waals surface area contributed by atoms with Gasteiger partial charge in [-0.2, -0.15) is 0 Å². The summed E-state index contributed by atoms with van der Waals surface area (Å²) < 4.78 is 34.2. The van der Waals surface area contributed by atoms with Crippen LogP contribution in [0.3, 0.4) is 0 Å². The monoisotopic (exact) mass is 375 g/mol. The predicted octanol–water partition coefficient (Wildman–Crippen LogP) is 2.49. The average molecular weight is 375 g/mol. The molecule has 94 valence electrons. The maximum atomic E-state index is 11.5. The van der Waals surface area contributed by atoms with Gasteiger partial charge in [-0.05, 0) is 23.3 Å². The summed E-state index contributed by atoms with van der Waals surface area (Å²) >= 11 is -1.57. The van der Waals surface area contributed by atoms with Crippen molar-refractivity contribution in [3.05, 3.63) is 52.1 Å². The van der Waals surface area contributed by atoms with Crippen molar-refractivity contribution in [1.82, 2.24) is 0 Å². The number of primary sulfonamides is 1. The van der Waals surface area contributed by atoms with Crippen molar-refractivity contribution >= 4 is 31.2 Å². The van der Waals surface area contributed by atoms with Gasteiger partial charge >= 0.3 is 0 Å². The van der Waals surface area contributed by atoms with E-state index in [-0.39, 0.29) is 4.90 Å². The Hall–Kier alpha value is -1.12. The van der Waals surface area contributed by atoms with E-state index in [1.807, 2.05) is 30.3 Å². The summed E-state index contributed by atoms with van der Waals surface area (Å²) in [5.74, 6) is 0. The van der Waals surface area contributed by atoms with Gasteiger partial charge in [0.1, 0.15) is 0 Å². The average Bonchev–Trinajstić information content (AvgIpc) is 2.38. The van der Waals surface area contributed by atoms with E-state index in [0.29, 0.717) is 3.57 Å². The highest BCUT2D eigenvalue weighted by Crippen LogP contribution is 2.27. The van der Waals surface area contributed by atoms with E-state index in [1.54, 1.807) is 12.1 Å².